The van der Waals surface area contributed by atoms with E-state index in [1.54, 1.807) is 24.3 Å². The second kappa shape index (κ2) is 8.41. The maximum Gasteiger partial charge on any atom is 0.647 e. The number of aryl methyl sites for hydroxylation is 1. The molecule has 5 aromatic rings. The highest BCUT2D eigenvalue weighted by Gasteiger charge is 2.33. The van der Waals surface area contributed by atoms with E-state index in [0.717, 1.165) is 27.1 Å². The van der Waals surface area contributed by atoms with Crippen LogP contribution in [-0.2, 0) is 4.57 Å². The van der Waals surface area contributed by atoms with E-state index < -0.39 is 7.82 Å². The van der Waals surface area contributed by atoms with Crippen molar-refractivity contribution in [3.8, 4) is 17.2 Å². The summed E-state index contributed by atoms with van der Waals surface area (Å²) in [4.78, 5) is 0. The quantitative estimate of drug-likeness (QED) is 0.251. The largest absolute Gasteiger partial charge is 0.647 e. The Morgan fingerprint density at radius 3 is 1.41 bits per heavy atom. The highest BCUT2D eigenvalue weighted by Crippen LogP contribution is 2.50. The highest BCUT2D eigenvalue weighted by atomic mass is 31.2. The van der Waals surface area contributed by atoms with Crippen LogP contribution in [0.25, 0.3) is 21.5 Å². The molecule has 0 fully saturated rings. The predicted octanol–water partition coefficient (Wildman–Crippen LogP) is 7.95. The zero-order valence-electron chi connectivity index (χ0n) is 17.5. The van der Waals surface area contributed by atoms with Gasteiger partial charge in [0, 0.05) is 0 Å². The summed E-state index contributed by atoms with van der Waals surface area (Å²) in [6.07, 6.45) is 0. The molecule has 0 aromatic heterocycles. The lowest BCUT2D eigenvalue weighted by Gasteiger charge is -2.20. The van der Waals surface area contributed by atoms with Crippen molar-refractivity contribution in [2.24, 2.45) is 0 Å². The van der Waals surface area contributed by atoms with Crippen LogP contribution >= 0.6 is 7.82 Å². The molecular weight excluding hydrogens is 419 g/mol. The Morgan fingerprint density at radius 2 is 0.906 bits per heavy atom. The van der Waals surface area contributed by atoms with Crippen molar-refractivity contribution in [1.29, 1.82) is 0 Å². The minimum absolute atomic E-state index is 0.403. The second-order valence-electron chi connectivity index (χ2n) is 7.55. The zero-order chi connectivity index (χ0) is 22.0. The SMILES string of the molecule is Cc1ccc(OP(=O)(Oc2ccc3ccccc3c2)Oc2ccc3ccccc3c2)cc1. The molecule has 0 bridgehead atoms. The van der Waals surface area contributed by atoms with Gasteiger partial charge in [-0.2, -0.15) is 4.57 Å². The van der Waals surface area contributed by atoms with Crippen LogP contribution < -0.4 is 13.6 Å². The monoisotopic (exact) mass is 440 g/mol. The summed E-state index contributed by atoms with van der Waals surface area (Å²) in [5, 5.41) is 4.06. The minimum Gasteiger partial charge on any atom is -0.386 e. The van der Waals surface area contributed by atoms with Crippen molar-refractivity contribution in [1.82, 2.24) is 0 Å². The molecule has 5 rings (SSSR count). The maximum absolute atomic E-state index is 13.8. The lowest BCUT2D eigenvalue weighted by molar-refractivity contribution is 0.298. The van der Waals surface area contributed by atoms with Gasteiger partial charge < -0.3 is 13.6 Å². The number of hydrogen-bond acceptors (Lipinski definition) is 4. The van der Waals surface area contributed by atoms with Crippen molar-refractivity contribution >= 4 is 29.4 Å². The first-order valence-corrected chi connectivity index (χ1v) is 11.8. The molecule has 0 saturated heterocycles. The molecule has 0 atom stereocenters. The van der Waals surface area contributed by atoms with E-state index in [1.165, 1.54) is 0 Å². The fraction of sp³-hybridized carbons (Fsp3) is 0.0370. The van der Waals surface area contributed by atoms with Gasteiger partial charge in [0.05, 0.1) is 0 Å². The Kier molecular flexibility index (Phi) is 5.30. The van der Waals surface area contributed by atoms with Crippen LogP contribution in [0.2, 0.25) is 0 Å². The first kappa shape index (κ1) is 20.2. The number of benzene rings is 5. The molecule has 158 valence electrons. The molecule has 0 saturated carbocycles. The third-order valence-electron chi connectivity index (χ3n) is 5.11. The van der Waals surface area contributed by atoms with Gasteiger partial charge in [-0.25, -0.2) is 0 Å². The summed E-state index contributed by atoms with van der Waals surface area (Å²) < 4.78 is 31.4. The summed E-state index contributed by atoms with van der Waals surface area (Å²) in [5.74, 6) is 1.21. The average molecular weight is 440 g/mol. The third kappa shape index (κ3) is 4.46. The van der Waals surface area contributed by atoms with E-state index in [2.05, 4.69) is 0 Å². The molecule has 0 aliphatic rings. The maximum atomic E-state index is 13.8. The van der Waals surface area contributed by atoms with Crippen molar-refractivity contribution < 1.29 is 18.1 Å². The van der Waals surface area contributed by atoms with Crippen LogP contribution in [0.15, 0.2) is 109 Å². The number of phosphoric ester groups is 1. The van der Waals surface area contributed by atoms with E-state index >= 15 is 0 Å². The van der Waals surface area contributed by atoms with Gasteiger partial charge in [-0.15, -0.1) is 0 Å². The van der Waals surface area contributed by atoms with Gasteiger partial charge in [0.1, 0.15) is 17.2 Å². The molecule has 0 heterocycles. The summed E-state index contributed by atoms with van der Waals surface area (Å²) in [7, 11) is -4.06. The lowest BCUT2D eigenvalue weighted by atomic mass is 10.1. The Balaban J connectivity index is 1.50. The first-order valence-electron chi connectivity index (χ1n) is 10.3. The van der Waals surface area contributed by atoms with Crippen molar-refractivity contribution in [2.45, 2.75) is 6.92 Å². The first-order chi connectivity index (χ1) is 15.6. The summed E-state index contributed by atoms with van der Waals surface area (Å²) in [6.45, 7) is 1.97. The molecule has 0 N–H and O–H groups in total. The number of hydrogen-bond donors (Lipinski definition) is 0. The molecule has 5 aromatic carbocycles. The van der Waals surface area contributed by atoms with Gasteiger partial charge in [0.25, 0.3) is 0 Å². The molecule has 32 heavy (non-hydrogen) atoms. The molecule has 4 nitrogen and oxygen atoms in total. The van der Waals surface area contributed by atoms with Crippen molar-refractivity contribution in [3.63, 3.8) is 0 Å². The topological polar surface area (TPSA) is 44.8 Å². The summed E-state index contributed by atoms with van der Waals surface area (Å²) >= 11 is 0. The van der Waals surface area contributed by atoms with Gasteiger partial charge in [-0.1, -0.05) is 78.4 Å². The second-order valence-corrected chi connectivity index (χ2v) is 8.99. The molecule has 0 spiro atoms. The Labute approximate surface area is 186 Å². The summed E-state index contributed by atoms with van der Waals surface area (Å²) in [5.41, 5.74) is 1.07. The fourth-order valence-electron chi connectivity index (χ4n) is 3.49. The average Bonchev–Trinajstić information content (AvgIpc) is 2.80. The van der Waals surface area contributed by atoms with Crippen LogP contribution in [0.3, 0.4) is 0 Å². The zero-order valence-corrected chi connectivity index (χ0v) is 18.4. The van der Waals surface area contributed by atoms with Crippen LogP contribution in [0.4, 0.5) is 0 Å². The van der Waals surface area contributed by atoms with Crippen LogP contribution in [-0.4, -0.2) is 0 Å². The number of rotatable bonds is 6. The van der Waals surface area contributed by atoms with E-state index in [-0.39, 0.29) is 0 Å². The van der Waals surface area contributed by atoms with Crippen LogP contribution in [0, 0.1) is 6.92 Å². The lowest BCUT2D eigenvalue weighted by Crippen LogP contribution is -2.07. The van der Waals surface area contributed by atoms with Gasteiger partial charge >= 0.3 is 7.82 Å². The minimum atomic E-state index is -4.06. The van der Waals surface area contributed by atoms with Crippen LogP contribution in [0.1, 0.15) is 5.56 Å². The number of phosphoric acid groups is 1. The molecule has 5 heteroatoms. The standard InChI is InChI=1S/C27H21O4P/c1-20-10-14-25(15-11-20)29-32(28,30-26-16-12-21-6-2-4-8-23(21)18-26)31-27-17-13-22-7-3-5-9-24(22)19-27/h2-19H,1H3. The highest BCUT2D eigenvalue weighted by molar-refractivity contribution is 7.49. The molecule has 0 unspecified atom stereocenters. The molecule has 0 amide bonds. The van der Waals surface area contributed by atoms with E-state index in [0.29, 0.717) is 17.2 Å². The van der Waals surface area contributed by atoms with E-state index in [4.69, 9.17) is 13.6 Å². The fourth-order valence-corrected chi connectivity index (χ4v) is 4.73. The molecular formula is C27H21O4P. The van der Waals surface area contributed by atoms with Gasteiger partial charge in [0.15, 0.2) is 0 Å². The van der Waals surface area contributed by atoms with Crippen molar-refractivity contribution in [3.05, 3.63) is 115 Å². The van der Waals surface area contributed by atoms with Gasteiger partial charge in [-0.3, -0.25) is 0 Å². The van der Waals surface area contributed by atoms with Crippen molar-refractivity contribution in [2.75, 3.05) is 0 Å². The normalized spacial score (nSPS) is 11.4. The number of fused-ring (bicyclic) bond motifs is 2. The third-order valence-corrected chi connectivity index (χ3v) is 6.42. The Bertz CT molecular complexity index is 1360. The molecule has 0 aliphatic carbocycles. The van der Waals surface area contributed by atoms with Gasteiger partial charge in [-0.05, 0) is 64.9 Å². The van der Waals surface area contributed by atoms with E-state index in [9.17, 15) is 4.57 Å². The molecule has 0 radical (unpaired) electrons. The van der Waals surface area contributed by atoms with Crippen LogP contribution in [0.5, 0.6) is 17.2 Å². The summed E-state index contributed by atoms with van der Waals surface area (Å²) in [6, 6.07) is 34.0. The smallest absolute Gasteiger partial charge is 0.386 e. The van der Waals surface area contributed by atoms with E-state index in [1.807, 2.05) is 91.9 Å². The molecule has 0 aliphatic heterocycles. The Hall–Kier alpha value is -3.75. The predicted molar refractivity (Wildman–Crippen MR) is 129 cm³/mol. The Morgan fingerprint density at radius 1 is 0.500 bits per heavy atom. The van der Waals surface area contributed by atoms with Gasteiger partial charge in [0.2, 0.25) is 0 Å².